The molecular weight excluding hydrogens is 512 g/mol. The number of nitrogens with zero attached hydrogens (tertiary/aromatic N) is 3. The molecule has 0 saturated carbocycles. The SMILES string of the molecule is Cc1ccccc1-c1nc(S(C)(=O)=O)ncc1C(=O)N(C)Cc1cc(C(F)(F)F)cc(C(F)(F)F)c1. The maximum absolute atomic E-state index is 13.2. The standard InChI is InChI=1S/C23H19F6N3O3S/c1-13-6-4-5-7-17(13)19-18(11-30-21(31-19)36(3,34)35)20(33)32(2)12-14-8-15(22(24,25)26)10-16(9-14)23(27,28)29/h4-11H,12H2,1-3H3. The average molecular weight is 531 g/mol. The third-order valence-electron chi connectivity index (χ3n) is 5.14. The van der Waals surface area contributed by atoms with Crippen LogP contribution in [0.5, 0.6) is 0 Å². The number of benzene rings is 2. The van der Waals surface area contributed by atoms with E-state index in [4.69, 9.17) is 0 Å². The normalized spacial score (nSPS) is 12.5. The topological polar surface area (TPSA) is 80.2 Å². The lowest BCUT2D eigenvalue weighted by molar-refractivity contribution is -0.143. The summed E-state index contributed by atoms with van der Waals surface area (Å²) < 4.78 is 103. The molecule has 1 aromatic heterocycles. The van der Waals surface area contributed by atoms with Crippen molar-refractivity contribution in [3.63, 3.8) is 0 Å². The summed E-state index contributed by atoms with van der Waals surface area (Å²) in [6.07, 6.45) is -8.22. The van der Waals surface area contributed by atoms with Crippen LogP contribution in [0, 0.1) is 6.92 Å². The van der Waals surface area contributed by atoms with Crippen LogP contribution in [0.3, 0.4) is 0 Å². The molecule has 0 atom stereocenters. The molecule has 0 saturated heterocycles. The zero-order chi connectivity index (χ0) is 27.1. The van der Waals surface area contributed by atoms with Gasteiger partial charge in [0.15, 0.2) is 0 Å². The third kappa shape index (κ3) is 6.01. The number of halogens is 6. The average Bonchev–Trinajstić information content (AvgIpc) is 2.76. The van der Waals surface area contributed by atoms with E-state index in [0.717, 1.165) is 17.4 Å². The van der Waals surface area contributed by atoms with Crippen LogP contribution >= 0.6 is 0 Å². The second-order valence-electron chi connectivity index (χ2n) is 8.08. The van der Waals surface area contributed by atoms with Gasteiger partial charge < -0.3 is 4.90 Å². The molecule has 13 heteroatoms. The van der Waals surface area contributed by atoms with Gasteiger partial charge in [-0.05, 0) is 36.2 Å². The molecule has 192 valence electrons. The predicted molar refractivity (Wildman–Crippen MR) is 118 cm³/mol. The Morgan fingerprint density at radius 3 is 2.03 bits per heavy atom. The van der Waals surface area contributed by atoms with Crippen LogP contribution in [0.2, 0.25) is 0 Å². The molecule has 0 unspecified atom stereocenters. The van der Waals surface area contributed by atoms with Gasteiger partial charge in [0.1, 0.15) is 0 Å². The molecule has 0 N–H and O–H groups in total. The Hall–Kier alpha value is -3.48. The van der Waals surface area contributed by atoms with Crippen LogP contribution in [-0.2, 0) is 28.7 Å². The summed E-state index contributed by atoms with van der Waals surface area (Å²) in [6.45, 7) is 1.09. The van der Waals surface area contributed by atoms with E-state index in [2.05, 4.69) is 9.97 Å². The highest BCUT2D eigenvalue weighted by atomic mass is 32.2. The number of aromatic nitrogens is 2. The summed E-state index contributed by atoms with van der Waals surface area (Å²) in [5.74, 6) is -0.834. The maximum atomic E-state index is 13.2. The highest BCUT2D eigenvalue weighted by molar-refractivity contribution is 7.90. The number of carbonyl (C=O) groups is 1. The number of sulfone groups is 1. The van der Waals surface area contributed by atoms with E-state index >= 15 is 0 Å². The van der Waals surface area contributed by atoms with Gasteiger partial charge in [-0.25, -0.2) is 18.4 Å². The van der Waals surface area contributed by atoms with Gasteiger partial charge in [0, 0.05) is 31.6 Å². The van der Waals surface area contributed by atoms with Crippen molar-refractivity contribution < 1.29 is 39.6 Å². The van der Waals surface area contributed by atoms with Crippen LogP contribution in [0.25, 0.3) is 11.3 Å². The molecule has 0 aliphatic carbocycles. The van der Waals surface area contributed by atoms with E-state index in [-0.39, 0.29) is 17.3 Å². The summed E-state index contributed by atoms with van der Waals surface area (Å²) in [6, 6.07) is 7.68. The molecule has 36 heavy (non-hydrogen) atoms. The fourth-order valence-corrected chi connectivity index (χ4v) is 3.91. The summed E-state index contributed by atoms with van der Waals surface area (Å²) in [5.41, 5.74) is -2.59. The molecule has 1 amide bonds. The first-order valence-corrected chi connectivity index (χ1v) is 12.0. The molecule has 0 spiro atoms. The van der Waals surface area contributed by atoms with Crippen LogP contribution < -0.4 is 0 Å². The Kier molecular flexibility index (Phi) is 7.17. The fraction of sp³-hybridized carbons (Fsp3) is 0.261. The van der Waals surface area contributed by atoms with Crippen molar-refractivity contribution in [2.45, 2.75) is 31.0 Å². The molecule has 0 aliphatic rings. The molecule has 0 radical (unpaired) electrons. The van der Waals surface area contributed by atoms with E-state index in [1.54, 1.807) is 31.2 Å². The lowest BCUT2D eigenvalue weighted by atomic mass is 10.0. The second kappa shape index (κ2) is 9.52. The van der Waals surface area contributed by atoms with Gasteiger partial charge in [-0.15, -0.1) is 0 Å². The Bertz CT molecular complexity index is 1390. The monoisotopic (exact) mass is 531 g/mol. The van der Waals surface area contributed by atoms with Gasteiger partial charge in [-0.3, -0.25) is 4.79 Å². The van der Waals surface area contributed by atoms with Crippen LogP contribution in [0.4, 0.5) is 26.3 Å². The van der Waals surface area contributed by atoms with Crippen LogP contribution in [-0.4, -0.2) is 42.5 Å². The summed E-state index contributed by atoms with van der Waals surface area (Å²) >= 11 is 0. The zero-order valence-electron chi connectivity index (χ0n) is 19.1. The van der Waals surface area contributed by atoms with E-state index in [9.17, 15) is 39.6 Å². The second-order valence-corrected chi connectivity index (χ2v) is 9.99. The first-order valence-electron chi connectivity index (χ1n) is 10.2. The minimum atomic E-state index is -5.04. The minimum absolute atomic E-state index is 0.000638. The Morgan fingerprint density at radius 1 is 0.972 bits per heavy atom. The quantitative estimate of drug-likeness (QED) is 0.336. The smallest absolute Gasteiger partial charge is 0.337 e. The number of aryl methyl sites for hydroxylation is 1. The van der Waals surface area contributed by atoms with E-state index < -0.39 is 56.5 Å². The summed E-state index contributed by atoms with van der Waals surface area (Å²) in [7, 11) is -2.67. The lowest BCUT2D eigenvalue weighted by Gasteiger charge is -2.21. The van der Waals surface area contributed by atoms with Gasteiger partial charge in [-0.1, -0.05) is 24.3 Å². The predicted octanol–water partition coefficient (Wildman–Crippen LogP) is 5.17. The zero-order valence-corrected chi connectivity index (χ0v) is 19.9. The highest BCUT2D eigenvalue weighted by Gasteiger charge is 2.37. The number of rotatable bonds is 5. The van der Waals surface area contributed by atoms with Crippen molar-refractivity contribution in [2.75, 3.05) is 13.3 Å². The lowest BCUT2D eigenvalue weighted by Crippen LogP contribution is -2.28. The first-order chi connectivity index (χ1) is 16.5. The Balaban J connectivity index is 2.07. The highest BCUT2D eigenvalue weighted by Crippen LogP contribution is 2.36. The van der Waals surface area contributed by atoms with Crippen LogP contribution in [0.15, 0.2) is 53.8 Å². The van der Waals surface area contributed by atoms with Gasteiger partial charge in [0.2, 0.25) is 15.0 Å². The van der Waals surface area contributed by atoms with Gasteiger partial charge >= 0.3 is 12.4 Å². The summed E-state index contributed by atoms with van der Waals surface area (Å²) in [5, 5.41) is -0.548. The maximum Gasteiger partial charge on any atom is 0.416 e. The molecule has 0 fully saturated rings. The van der Waals surface area contributed by atoms with Crippen molar-refractivity contribution in [3.05, 3.63) is 76.5 Å². The Morgan fingerprint density at radius 2 is 1.53 bits per heavy atom. The molecule has 3 aromatic rings. The number of carbonyl (C=O) groups excluding carboxylic acids is 1. The molecule has 6 nitrogen and oxygen atoms in total. The van der Waals surface area contributed by atoms with Gasteiger partial charge in [0.05, 0.1) is 22.4 Å². The number of hydrogen-bond donors (Lipinski definition) is 0. The summed E-state index contributed by atoms with van der Waals surface area (Å²) in [4.78, 5) is 21.9. The number of amides is 1. The van der Waals surface area contributed by atoms with Crippen molar-refractivity contribution in [1.29, 1.82) is 0 Å². The molecule has 3 rings (SSSR count). The number of alkyl halides is 6. The van der Waals surface area contributed by atoms with Gasteiger partial charge in [-0.2, -0.15) is 26.3 Å². The molecular formula is C23H19F6N3O3S. The fourth-order valence-electron chi connectivity index (χ4n) is 3.41. The van der Waals surface area contributed by atoms with Crippen molar-refractivity contribution in [2.24, 2.45) is 0 Å². The number of hydrogen-bond acceptors (Lipinski definition) is 5. The molecule has 0 aliphatic heterocycles. The van der Waals surface area contributed by atoms with Crippen molar-refractivity contribution in [3.8, 4) is 11.3 Å². The molecule has 1 heterocycles. The van der Waals surface area contributed by atoms with Crippen molar-refractivity contribution in [1.82, 2.24) is 14.9 Å². The van der Waals surface area contributed by atoms with Crippen LogP contribution in [0.1, 0.15) is 32.6 Å². The minimum Gasteiger partial charge on any atom is -0.337 e. The van der Waals surface area contributed by atoms with Gasteiger partial charge in [0.25, 0.3) is 5.91 Å². The molecule has 2 aromatic carbocycles. The molecule has 0 bridgehead atoms. The third-order valence-corrected chi connectivity index (χ3v) is 6.00. The van der Waals surface area contributed by atoms with E-state index in [1.165, 1.54) is 7.05 Å². The van der Waals surface area contributed by atoms with E-state index in [0.29, 0.717) is 23.3 Å². The Labute approximate surface area is 202 Å². The first kappa shape index (κ1) is 27.1. The largest absolute Gasteiger partial charge is 0.416 e. The van der Waals surface area contributed by atoms with E-state index in [1.807, 2.05) is 0 Å². The van der Waals surface area contributed by atoms with Crippen molar-refractivity contribution >= 4 is 15.7 Å².